The van der Waals surface area contributed by atoms with Gasteiger partial charge < -0.3 is 15.0 Å². The molecule has 206 valence electrons. The third-order valence-electron chi connectivity index (χ3n) is 7.05. The minimum absolute atomic E-state index is 0.237. The Morgan fingerprint density at radius 1 is 1.23 bits per heavy atom. The Hall–Kier alpha value is -4.28. The molecule has 1 amide bonds. The van der Waals surface area contributed by atoms with Crippen LogP contribution < -0.4 is 20.7 Å². The Morgan fingerprint density at radius 3 is 2.73 bits per heavy atom. The molecule has 0 bridgehead atoms. The van der Waals surface area contributed by atoms with E-state index in [4.69, 9.17) is 4.74 Å². The molecule has 3 aromatic rings. The van der Waals surface area contributed by atoms with Crippen molar-refractivity contribution in [3.05, 3.63) is 93.8 Å². The summed E-state index contributed by atoms with van der Waals surface area (Å²) in [4.78, 5) is 19.1. The number of fused-ring (bicyclic) bond motifs is 1. The Bertz CT molecular complexity index is 1570. The molecule has 0 spiro atoms. The summed E-state index contributed by atoms with van der Waals surface area (Å²) in [6, 6.07) is 15.1. The van der Waals surface area contributed by atoms with E-state index in [1.165, 1.54) is 0 Å². The van der Waals surface area contributed by atoms with Crippen LogP contribution in [0.3, 0.4) is 0 Å². The number of hydrogen-bond donors (Lipinski definition) is 1. The van der Waals surface area contributed by atoms with Gasteiger partial charge in [-0.05, 0) is 76.4 Å². The van der Waals surface area contributed by atoms with Gasteiger partial charge in [0, 0.05) is 37.0 Å². The van der Waals surface area contributed by atoms with Crippen LogP contribution in [0.4, 0.5) is 10.2 Å². The zero-order chi connectivity index (χ0) is 28.6. The van der Waals surface area contributed by atoms with Gasteiger partial charge in [-0.1, -0.05) is 44.7 Å². The maximum absolute atomic E-state index is 15.3. The van der Waals surface area contributed by atoms with Crippen LogP contribution in [0.1, 0.15) is 54.6 Å². The first-order chi connectivity index (χ1) is 19.5. The van der Waals surface area contributed by atoms with E-state index >= 15 is 4.39 Å². The number of nitriles is 1. The van der Waals surface area contributed by atoms with Crippen molar-refractivity contribution in [2.45, 2.75) is 39.7 Å². The van der Waals surface area contributed by atoms with Crippen molar-refractivity contribution >= 4 is 23.9 Å². The lowest BCUT2D eigenvalue weighted by Crippen LogP contribution is -2.38. The lowest BCUT2D eigenvalue weighted by molar-refractivity contribution is 0.0952. The lowest BCUT2D eigenvalue weighted by atomic mass is 9.92. The molecule has 1 aromatic heterocycles. The standard InChI is InChI=1S/C31H29FN4O2.C2H6/c1-3-21-5-6-22(27-9-10-34-30(29(27)32)36-11-4-12-36)14-25(21)13-20(2)17-35-31(37)23-7-8-24-18-38-19-26(16-33)28(24)15-23;1-2/h3,5-10,13-15,26H,2,4,11-12,17-19H2,1H3,(H,35,37);1-2H3/b21-3-,25-13-;. The Labute approximate surface area is 235 Å². The number of aromatic nitrogens is 1. The van der Waals surface area contributed by atoms with Crippen LogP contribution in [-0.2, 0) is 11.3 Å². The first-order valence-corrected chi connectivity index (χ1v) is 13.7. The summed E-state index contributed by atoms with van der Waals surface area (Å²) >= 11 is 0. The van der Waals surface area contributed by atoms with Crippen LogP contribution in [0.2, 0.25) is 0 Å². The van der Waals surface area contributed by atoms with Gasteiger partial charge in [-0.2, -0.15) is 5.26 Å². The molecule has 2 aromatic carbocycles. The number of nitrogens with one attached hydrogen (secondary N) is 1. The summed E-state index contributed by atoms with van der Waals surface area (Å²) in [5, 5.41) is 14.2. The van der Waals surface area contributed by atoms with Crippen molar-refractivity contribution in [1.82, 2.24) is 10.3 Å². The van der Waals surface area contributed by atoms with Gasteiger partial charge in [0.15, 0.2) is 11.6 Å². The van der Waals surface area contributed by atoms with Crippen LogP contribution >= 0.6 is 0 Å². The lowest BCUT2D eigenvalue weighted by Gasteiger charge is -2.32. The van der Waals surface area contributed by atoms with Gasteiger partial charge in [0.25, 0.3) is 5.91 Å². The Kier molecular flexibility index (Phi) is 9.47. The van der Waals surface area contributed by atoms with Gasteiger partial charge in [-0.15, -0.1) is 0 Å². The van der Waals surface area contributed by atoms with E-state index in [1.807, 2.05) is 62.1 Å². The molecule has 0 saturated carbocycles. The van der Waals surface area contributed by atoms with Crippen molar-refractivity contribution in [3.8, 4) is 17.2 Å². The largest absolute Gasteiger partial charge is 0.375 e. The third-order valence-corrected chi connectivity index (χ3v) is 7.05. The second kappa shape index (κ2) is 13.2. The molecule has 1 saturated heterocycles. The summed E-state index contributed by atoms with van der Waals surface area (Å²) in [5.41, 5.74) is 4.24. The van der Waals surface area contributed by atoms with Gasteiger partial charge in [0.05, 0.1) is 25.2 Å². The van der Waals surface area contributed by atoms with E-state index in [0.29, 0.717) is 35.7 Å². The number of halogens is 1. The molecule has 2 aliphatic heterocycles. The predicted octanol–water partition coefficient (Wildman–Crippen LogP) is 4.83. The fourth-order valence-corrected chi connectivity index (χ4v) is 4.78. The topological polar surface area (TPSA) is 78.3 Å². The molecule has 2 aliphatic rings. The fraction of sp³-hybridized carbons (Fsp3) is 0.303. The number of hydrogen-bond acceptors (Lipinski definition) is 5. The number of rotatable bonds is 6. The fourth-order valence-electron chi connectivity index (χ4n) is 4.78. The van der Waals surface area contributed by atoms with Gasteiger partial charge in [-0.3, -0.25) is 4.79 Å². The van der Waals surface area contributed by atoms with Crippen molar-refractivity contribution in [1.29, 1.82) is 5.26 Å². The zero-order valence-corrected chi connectivity index (χ0v) is 23.3. The number of anilines is 1. The van der Waals surface area contributed by atoms with Gasteiger partial charge in [0.2, 0.25) is 0 Å². The Balaban J connectivity index is 0.00000181. The smallest absolute Gasteiger partial charge is 0.251 e. The normalized spacial score (nSPS) is 16.7. The number of ether oxygens (including phenoxy) is 1. The molecular formula is C33H35FN4O2. The minimum Gasteiger partial charge on any atom is -0.375 e. The molecule has 1 atom stereocenters. The number of pyridine rings is 1. The molecule has 0 aliphatic carbocycles. The monoisotopic (exact) mass is 538 g/mol. The molecule has 5 rings (SSSR count). The van der Waals surface area contributed by atoms with Gasteiger partial charge in [0.1, 0.15) is 0 Å². The average molecular weight is 539 g/mol. The summed E-state index contributed by atoms with van der Waals surface area (Å²) in [6.45, 7) is 12.7. The highest BCUT2D eigenvalue weighted by atomic mass is 19.1. The number of benzene rings is 2. The highest BCUT2D eigenvalue weighted by Gasteiger charge is 2.23. The highest BCUT2D eigenvalue weighted by molar-refractivity contribution is 5.94. The van der Waals surface area contributed by atoms with Gasteiger partial charge in [-0.25, -0.2) is 9.37 Å². The summed E-state index contributed by atoms with van der Waals surface area (Å²) in [5.74, 6) is -0.530. The summed E-state index contributed by atoms with van der Waals surface area (Å²) in [7, 11) is 0. The van der Waals surface area contributed by atoms with E-state index in [1.54, 1.807) is 24.4 Å². The first-order valence-electron chi connectivity index (χ1n) is 13.7. The average Bonchev–Trinajstić information content (AvgIpc) is 2.96. The van der Waals surface area contributed by atoms with E-state index in [0.717, 1.165) is 46.6 Å². The van der Waals surface area contributed by atoms with Crippen molar-refractivity contribution in [2.75, 3.05) is 31.1 Å². The van der Waals surface area contributed by atoms with Crippen LogP contribution in [0.15, 0.2) is 60.8 Å². The molecule has 40 heavy (non-hydrogen) atoms. The maximum atomic E-state index is 15.3. The second-order valence-electron chi connectivity index (χ2n) is 9.56. The molecule has 1 fully saturated rings. The molecule has 3 heterocycles. The van der Waals surface area contributed by atoms with E-state index in [-0.39, 0.29) is 24.2 Å². The van der Waals surface area contributed by atoms with Crippen LogP contribution in [-0.4, -0.2) is 37.1 Å². The molecule has 1 unspecified atom stereocenters. The molecule has 1 N–H and O–H groups in total. The van der Waals surface area contributed by atoms with Crippen molar-refractivity contribution in [3.63, 3.8) is 0 Å². The number of nitrogens with zero attached hydrogens (tertiary/aromatic N) is 3. The molecule has 0 radical (unpaired) electrons. The molecular weight excluding hydrogens is 503 g/mol. The van der Waals surface area contributed by atoms with Crippen LogP contribution in [0.25, 0.3) is 23.3 Å². The molecule has 7 heteroatoms. The van der Waals surface area contributed by atoms with E-state index in [9.17, 15) is 10.1 Å². The van der Waals surface area contributed by atoms with E-state index in [2.05, 4.69) is 22.9 Å². The molecule has 6 nitrogen and oxygen atoms in total. The number of carbonyl (C=O) groups excluding carboxylic acids is 1. The van der Waals surface area contributed by atoms with Crippen LogP contribution in [0.5, 0.6) is 0 Å². The van der Waals surface area contributed by atoms with E-state index < -0.39 is 0 Å². The second-order valence-corrected chi connectivity index (χ2v) is 9.56. The minimum atomic E-state index is -0.377. The maximum Gasteiger partial charge on any atom is 0.251 e. The van der Waals surface area contributed by atoms with Gasteiger partial charge >= 0.3 is 0 Å². The zero-order valence-electron chi connectivity index (χ0n) is 23.3. The van der Waals surface area contributed by atoms with Crippen molar-refractivity contribution in [2.24, 2.45) is 0 Å². The summed E-state index contributed by atoms with van der Waals surface area (Å²) in [6.07, 6.45) is 6.59. The predicted molar refractivity (Wildman–Crippen MR) is 158 cm³/mol. The van der Waals surface area contributed by atoms with Crippen molar-refractivity contribution < 1.29 is 13.9 Å². The third kappa shape index (κ3) is 6.13. The quantitative estimate of drug-likeness (QED) is 0.487. The first kappa shape index (κ1) is 28.7. The number of amides is 1. The number of carbonyl (C=O) groups is 1. The SMILES string of the molecule is C=C(/C=c1/cc(-c2ccnc(N3CCC3)c2F)cc/c1=C/C)CNC(=O)c1ccc2c(c1)C(C#N)COC2.CC. The highest BCUT2D eigenvalue weighted by Crippen LogP contribution is 2.29. The summed E-state index contributed by atoms with van der Waals surface area (Å²) < 4.78 is 20.8. The van der Waals surface area contributed by atoms with Crippen LogP contribution in [0, 0.1) is 17.1 Å². The Morgan fingerprint density at radius 2 is 2.02 bits per heavy atom.